The number of hydrogen-bond acceptors (Lipinski definition) is 7. The Morgan fingerprint density at radius 3 is 2.24 bits per heavy atom. The molecule has 3 atom stereocenters. The van der Waals surface area contributed by atoms with Gasteiger partial charge in [-0.2, -0.15) is 0 Å². The molecule has 10 heteroatoms. The number of halogens is 1. The van der Waals surface area contributed by atoms with Crippen LogP contribution in [0.3, 0.4) is 0 Å². The highest BCUT2D eigenvalue weighted by Crippen LogP contribution is 2.31. The standard InChI is InChI=1S/C23H19IN2O7/c24-16-12-26(23(30)25-20(16)27)19-11-17(33-22(29)15-9-5-2-6-10-15)18(32-19)13-31-21(28)14-7-3-1-4-8-14/h1-10,12,17-19H,11,13H2,(H,25,27,30)/t17-,18+,19?/m1/s1. The summed E-state index contributed by atoms with van der Waals surface area (Å²) in [5, 5.41) is 0. The van der Waals surface area contributed by atoms with Gasteiger partial charge in [-0.25, -0.2) is 14.4 Å². The predicted molar refractivity (Wildman–Crippen MR) is 125 cm³/mol. The Labute approximate surface area is 201 Å². The van der Waals surface area contributed by atoms with E-state index >= 15 is 0 Å². The fourth-order valence-corrected chi connectivity index (χ4v) is 3.85. The van der Waals surface area contributed by atoms with Crippen molar-refractivity contribution in [3.8, 4) is 0 Å². The molecule has 1 fully saturated rings. The highest BCUT2D eigenvalue weighted by molar-refractivity contribution is 14.1. The number of esters is 2. The molecule has 0 saturated carbocycles. The summed E-state index contributed by atoms with van der Waals surface area (Å²) in [6.45, 7) is -0.188. The third-order valence-corrected chi connectivity index (χ3v) is 5.84. The summed E-state index contributed by atoms with van der Waals surface area (Å²) in [7, 11) is 0. The van der Waals surface area contributed by atoms with Crippen LogP contribution in [-0.2, 0) is 14.2 Å². The van der Waals surface area contributed by atoms with Gasteiger partial charge in [-0.05, 0) is 46.9 Å². The average Bonchev–Trinajstić information content (AvgIpc) is 3.23. The van der Waals surface area contributed by atoms with Crippen molar-refractivity contribution in [2.75, 3.05) is 6.61 Å². The highest BCUT2D eigenvalue weighted by Gasteiger charge is 2.40. The Morgan fingerprint density at radius 2 is 1.61 bits per heavy atom. The summed E-state index contributed by atoms with van der Waals surface area (Å²) >= 11 is 1.81. The van der Waals surface area contributed by atoms with Crippen molar-refractivity contribution in [1.82, 2.24) is 9.55 Å². The summed E-state index contributed by atoms with van der Waals surface area (Å²) < 4.78 is 18.5. The number of hydrogen-bond donors (Lipinski definition) is 1. The second-order valence-corrected chi connectivity index (χ2v) is 8.44. The number of aromatic nitrogens is 2. The molecule has 1 aromatic heterocycles. The Hall–Kier alpha value is -3.25. The number of aromatic amines is 1. The quantitative estimate of drug-likeness (QED) is 0.363. The molecule has 0 spiro atoms. The number of benzene rings is 2. The molecule has 0 amide bonds. The van der Waals surface area contributed by atoms with E-state index in [4.69, 9.17) is 14.2 Å². The number of carbonyl (C=O) groups is 2. The number of H-pyrrole nitrogens is 1. The molecular formula is C23H19IN2O7. The molecule has 1 N–H and O–H groups in total. The smallest absolute Gasteiger partial charge is 0.338 e. The average molecular weight is 562 g/mol. The maximum absolute atomic E-state index is 12.6. The zero-order chi connectivity index (χ0) is 23.4. The maximum Gasteiger partial charge on any atom is 0.338 e. The monoisotopic (exact) mass is 562 g/mol. The lowest BCUT2D eigenvalue weighted by molar-refractivity contribution is -0.0583. The lowest BCUT2D eigenvalue weighted by Gasteiger charge is -2.19. The van der Waals surface area contributed by atoms with Gasteiger partial charge in [-0.1, -0.05) is 36.4 Å². The molecule has 1 unspecified atom stereocenters. The Kier molecular flexibility index (Phi) is 7.04. The molecule has 2 aromatic carbocycles. The van der Waals surface area contributed by atoms with Crippen molar-refractivity contribution in [1.29, 1.82) is 0 Å². The minimum absolute atomic E-state index is 0.133. The Balaban J connectivity index is 1.53. The fourth-order valence-electron chi connectivity index (χ4n) is 3.42. The van der Waals surface area contributed by atoms with Gasteiger partial charge in [0.15, 0.2) is 0 Å². The van der Waals surface area contributed by atoms with E-state index < -0.39 is 41.6 Å². The summed E-state index contributed by atoms with van der Waals surface area (Å²) in [5.74, 6) is -1.11. The number of carbonyl (C=O) groups excluding carboxylic acids is 2. The van der Waals surface area contributed by atoms with Gasteiger partial charge in [-0.15, -0.1) is 0 Å². The molecule has 33 heavy (non-hydrogen) atoms. The third kappa shape index (κ3) is 5.40. The first kappa shape index (κ1) is 22.9. The van der Waals surface area contributed by atoms with Crippen LogP contribution in [0.4, 0.5) is 0 Å². The minimum atomic E-state index is -0.822. The molecule has 4 rings (SSSR count). The predicted octanol–water partition coefficient (Wildman–Crippen LogP) is 2.51. The normalized spacial score (nSPS) is 19.7. The summed E-state index contributed by atoms with van der Waals surface area (Å²) in [6.07, 6.45) is -0.916. The van der Waals surface area contributed by atoms with Crippen molar-refractivity contribution in [2.24, 2.45) is 0 Å². The molecule has 0 radical (unpaired) electrons. The zero-order valence-corrected chi connectivity index (χ0v) is 19.3. The lowest BCUT2D eigenvalue weighted by Crippen LogP contribution is -2.34. The van der Waals surface area contributed by atoms with E-state index in [-0.39, 0.29) is 13.0 Å². The van der Waals surface area contributed by atoms with Crippen LogP contribution in [0, 0.1) is 3.57 Å². The van der Waals surface area contributed by atoms with E-state index in [9.17, 15) is 19.2 Å². The maximum atomic E-state index is 12.6. The molecule has 0 bridgehead atoms. The van der Waals surface area contributed by atoms with Crippen molar-refractivity contribution in [3.05, 3.63) is 102 Å². The lowest BCUT2D eigenvalue weighted by atomic mass is 10.1. The molecule has 0 aliphatic carbocycles. The van der Waals surface area contributed by atoms with Gasteiger partial charge < -0.3 is 14.2 Å². The van der Waals surface area contributed by atoms with Gasteiger partial charge in [0.25, 0.3) is 5.56 Å². The number of rotatable bonds is 6. The summed E-state index contributed by atoms with van der Waals surface area (Å²) in [4.78, 5) is 51.2. The highest BCUT2D eigenvalue weighted by atomic mass is 127. The molecule has 170 valence electrons. The molecule has 1 saturated heterocycles. The van der Waals surface area contributed by atoms with Crippen molar-refractivity contribution in [3.63, 3.8) is 0 Å². The molecular weight excluding hydrogens is 543 g/mol. The molecule has 3 aromatic rings. The van der Waals surface area contributed by atoms with Crippen LogP contribution in [0.1, 0.15) is 33.4 Å². The number of ether oxygens (including phenoxy) is 3. The van der Waals surface area contributed by atoms with Crippen LogP contribution in [0.25, 0.3) is 0 Å². The van der Waals surface area contributed by atoms with Crippen LogP contribution < -0.4 is 11.2 Å². The van der Waals surface area contributed by atoms with E-state index in [1.807, 2.05) is 22.6 Å². The fraction of sp³-hybridized carbons (Fsp3) is 0.217. The van der Waals surface area contributed by atoms with E-state index in [2.05, 4.69) is 4.98 Å². The van der Waals surface area contributed by atoms with Crippen LogP contribution in [0.2, 0.25) is 0 Å². The number of nitrogens with one attached hydrogen (secondary N) is 1. The van der Waals surface area contributed by atoms with Gasteiger partial charge in [0.2, 0.25) is 0 Å². The van der Waals surface area contributed by atoms with Gasteiger partial charge in [0.1, 0.15) is 25.0 Å². The molecule has 1 aliphatic heterocycles. The SMILES string of the molecule is O=C(OC[C@@H]1OC(n2cc(I)c(=O)[nH]c2=O)C[C@H]1OC(=O)c1ccccc1)c1ccccc1. The van der Waals surface area contributed by atoms with Crippen molar-refractivity contribution < 1.29 is 23.8 Å². The summed E-state index contributed by atoms with van der Waals surface area (Å²) in [6, 6.07) is 16.9. The molecule has 2 heterocycles. The first-order valence-electron chi connectivity index (χ1n) is 10.1. The van der Waals surface area contributed by atoms with Crippen LogP contribution >= 0.6 is 22.6 Å². The zero-order valence-electron chi connectivity index (χ0n) is 17.2. The van der Waals surface area contributed by atoms with E-state index in [1.54, 1.807) is 60.7 Å². The van der Waals surface area contributed by atoms with Gasteiger partial charge in [-0.3, -0.25) is 14.3 Å². The van der Waals surface area contributed by atoms with Crippen LogP contribution in [0.15, 0.2) is 76.4 Å². The summed E-state index contributed by atoms with van der Waals surface area (Å²) in [5.41, 5.74) is -0.427. The Bertz CT molecular complexity index is 1260. The Morgan fingerprint density at radius 1 is 1.00 bits per heavy atom. The topological polar surface area (TPSA) is 117 Å². The molecule has 1 aliphatic rings. The van der Waals surface area contributed by atoms with Crippen LogP contribution in [-0.4, -0.2) is 40.3 Å². The second kappa shape index (κ2) is 10.1. The first-order valence-corrected chi connectivity index (χ1v) is 11.1. The van der Waals surface area contributed by atoms with Crippen molar-refractivity contribution in [2.45, 2.75) is 24.9 Å². The van der Waals surface area contributed by atoms with Crippen molar-refractivity contribution >= 4 is 34.5 Å². The number of nitrogens with zero attached hydrogens (tertiary/aromatic N) is 1. The minimum Gasteiger partial charge on any atom is -0.459 e. The second-order valence-electron chi connectivity index (χ2n) is 7.28. The van der Waals surface area contributed by atoms with Gasteiger partial charge in [0.05, 0.1) is 14.7 Å². The largest absolute Gasteiger partial charge is 0.459 e. The van der Waals surface area contributed by atoms with E-state index in [0.29, 0.717) is 14.7 Å². The first-order chi connectivity index (χ1) is 15.9. The molecule has 9 nitrogen and oxygen atoms in total. The third-order valence-electron chi connectivity index (χ3n) is 5.07. The van der Waals surface area contributed by atoms with Gasteiger partial charge >= 0.3 is 17.6 Å². The van der Waals surface area contributed by atoms with E-state index in [1.165, 1.54) is 10.8 Å². The van der Waals surface area contributed by atoms with E-state index in [0.717, 1.165) is 0 Å². The van der Waals surface area contributed by atoms with Crippen LogP contribution in [0.5, 0.6) is 0 Å². The van der Waals surface area contributed by atoms with Gasteiger partial charge in [0, 0.05) is 12.6 Å².